The zero-order valence-electron chi connectivity index (χ0n) is 17.1. The van der Waals surface area contributed by atoms with Crippen LogP contribution in [0, 0.1) is 0 Å². The van der Waals surface area contributed by atoms with Gasteiger partial charge in [-0.15, -0.1) is 0 Å². The van der Waals surface area contributed by atoms with Gasteiger partial charge in [-0.2, -0.15) is 0 Å². The molecule has 14 heteroatoms. The average molecular weight is 431 g/mol. The van der Waals surface area contributed by atoms with E-state index in [4.69, 9.17) is 20.4 Å². The fraction of sp³-hybridized carbons (Fsp3) is 0.600. The maximum Gasteiger partial charge on any atom is 1.00 e. The predicted octanol–water partition coefficient (Wildman–Crippen LogP) is -11.5. The van der Waals surface area contributed by atoms with Crippen LogP contribution in [-0.4, -0.2) is 98.8 Å². The number of carbonyl (C=O) groups is 4. The molecule has 0 aromatic rings. The van der Waals surface area contributed by atoms with Gasteiger partial charge in [0.2, 0.25) is 0 Å². The fourth-order valence-corrected chi connectivity index (χ4v) is 1.48. The minimum absolute atomic E-state index is 0. The summed E-state index contributed by atoms with van der Waals surface area (Å²) < 4.78 is 0. The van der Waals surface area contributed by atoms with Crippen molar-refractivity contribution in [1.82, 2.24) is 9.80 Å². The largest absolute Gasteiger partial charge is 1.00 e. The van der Waals surface area contributed by atoms with Crippen LogP contribution < -0.4 is 154 Å². The molecule has 0 heterocycles. The van der Waals surface area contributed by atoms with Crippen molar-refractivity contribution < 1.29 is 204 Å². The molecule has 0 aliphatic heterocycles. The summed E-state index contributed by atoms with van der Waals surface area (Å²) in [5.41, 5.74) is 0. The van der Waals surface area contributed by atoms with Crippen molar-refractivity contribution in [1.29, 1.82) is 0 Å². The molecule has 0 saturated heterocycles. The molecule has 128 valence electrons. The molecule has 0 fully saturated rings. The quantitative estimate of drug-likeness (QED) is 0.229. The van der Waals surface area contributed by atoms with Gasteiger partial charge in [-0.3, -0.25) is 29.0 Å². The molecule has 0 aromatic heterocycles. The maximum atomic E-state index is 10.6. The first-order chi connectivity index (χ1) is 9.20. The number of carboxylic acids is 4. The summed E-state index contributed by atoms with van der Waals surface area (Å²) in [5.74, 6) is -4.91. The van der Waals surface area contributed by atoms with Gasteiger partial charge in [-0.05, 0) is 0 Å². The van der Waals surface area contributed by atoms with E-state index in [9.17, 15) is 19.2 Å². The molecule has 24 heavy (non-hydrogen) atoms. The van der Waals surface area contributed by atoms with E-state index in [1.165, 1.54) is 0 Å². The maximum absolute atomic E-state index is 10.6. The third kappa shape index (κ3) is 24.7. The third-order valence-electron chi connectivity index (χ3n) is 2.17. The summed E-state index contributed by atoms with van der Waals surface area (Å²) in [5, 5.41) is 34.5. The number of aliphatic carboxylic acids is 4. The molecule has 0 atom stereocenters. The predicted molar refractivity (Wildman–Crippen MR) is 70.4 cm³/mol. The van der Waals surface area contributed by atoms with Crippen LogP contribution in [0.2, 0.25) is 0 Å². The molecule has 0 spiro atoms. The number of carboxylic acid groups (broad SMARTS) is 4. The number of hydrogen-bond donors (Lipinski definition) is 4. The molecule has 0 aliphatic carbocycles. The molecular formula is C10H21K3N2O9. The molecular weight excluding hydrogens is 409 g/mol. The van der Waals surface area contributed by atoms with Crippen molar-refractivity contribution in [2.24, 2.45) is 0 Å². The second kappa shape index (κ2) is 22.0. The summed E-state index contributed by atoms with van der Waals surface area (Å²) in [6.07, 6.45) is 0. The van der Waals surface area contributed by atoms with Crippen molar-refractivity contribution in [3.05, 3.63) is 0 Å². The molecule has 0 rings (SSSR count). The monoisotopic (exact) mass is 430 g/mol. The zero-order valence-corrected chi connectivity index (χ0v) is 23.4. The minimum Gasteiger partial charge on any atom is -1.00 e. The fourth-order valence-electron chi connectivity index (χ4n) is 1.48. The SMILES string of the molecule is O.O=C(O)CN(CCN(CC(=O)O)CC(=O)O)CC(=O)O.[H-].[H-].[H-].[K+].[K+].[K+]. The smallest absolute Gasteiger partial charge is 1.00 e. The molecule has 0 radical (unpaired) electrons. The molecule has 11 nitrogen and oxygen atoms in total. The van der Waals surface area contributed by atoms with Gasteiger partial charge < -0.3 is 30.2 Å². The Morgan fingerprint density at radius 3 is 0.875 bits per heavy atom. The summed E-state index contributed by atoms with van der Waals surface area (Å²) in [6.45, 7) is -2.25. The van der Waals surface area contributed by atoms with Gasteiger partial charge in [0.05, 0.1) is 26.2 Å². The van der Waals surface area contributed by atoms with E-state index in [1.54, 1.807) is 0 Å². The van der Waals surface area contributed by atoms with E-state index in [0.29, 0.717) is 0 Å². The minimum atomic E-state index is -1.23. The summed E-state index contributed by atoms with van der Waals surface area (Å²) in [7, 11) is 0. The zero-order chi connectivity index (χ0) is 15.7. The van der Waals surface area contributed by atoms with Gasteiger partial charge in [0.15, 0.2) is 0 Å². The second-order valence-corrected chi connectivity index (χ2v) is 4.00. The Balaban J connectivity index is -0.0000000860. The molecule has 0 amide bonds. The summed E-state index contributed by atoms with van der Waals surface area (Å²) in [6, 6.07) is 0. The van der Waals surface area contributed by atoms with E-state index in [1.807, 2.05) is 0 Å². The standard InChI is InChI=1S/C10H16N2O8.3K.H2O.3H/c13-7(14)3-11(4-8(15)16)1-2-12(5-9(17)18)6-10(19)20;;;;;;;/h1-6H2,(H,13,14)(H,15,16)(H,17,18)(H,19,20);;;;1H2;;;/q;3*+1;;3*-1. The Hall–Kier alpha value is 2.67. The normalized spacial score (nSPS) is 8.92. The molecule has 0 saturated carbocycles. The van der Waals surface area contributed by atoms with Gasteiger partial charge in [-0.1, -0.05) is 0 Å². The Kier molecular flexibility index (Phi) is 34.2. The van der Waals surface area contributed by atoms with E-state index in [-0.39, 0.29) is 177 Å². The Morgan fingerprint density at radius 1 is 0.583 bits per heavy atom. The van der Waals surface area contributed by atoms with Crippen molar-refractivity contribution >= 4 is 23.9 Å². The average Bonchev–Trinajstić information content (AvgIpc) is 2.22. The molecule has 0 aliphatic rings. The van der Waals surface area contributed by atoms with Crippen LogP contribution >= 0.6 is 0 Å². The number of nitrogens with zero attached hydrogens (tertiary/aromatic N) is 2. The Morgan fingerprint density at radius 2 is 0.750 bits per heavy atom. The molecule has 0 bridgehead atoms. The van der Waals surface area contributed by atoms with Crippen LogP contribution in [0.25, 0.3) is 0 Å². The van der Waals surface area contributed by atoms with Crippen molar-refractivity contribution in [3.8, 4) is 0 Å². The molecule has 0 unspecified atom stereocenters. The van der Waals surface area contributed by atoms with Crippen LogP contribution in [0.5, 0.6) is 0 Å². The van der Waals surface area contributed by atoms with Crippen molar-refractivity contribution in [2.75, 3.05) is 39.3 Å². The summed E-state index contributed by atoms with van der Waals surface area (Å²) >= 11 is 0. The van der Waals surface area contributed by atoms with Gasteiger partial charge >= 0.3 is 178 Å². The third-order valence-corrected chi connectivity index (χ3v) is 2.17. The van der Waals surface area contributed by atoms with Crippen LogP contribution in [0.1, 0.15) is 4.28 Å². The van der Waals surface area contributed by atoms with Gasteiger partial charge in [0, 0.05) is 13.1 Å². The van der Waals surface area contributed by atoms with E-state index < -0.39 is 50.1 Å². The molecule has 6 N–H and O–H groups in total. The molecule has 0 aromatic carbocycles. The van der Waals surface area contributed by atoms with E-state index in [0.717, 1.165) is 9.80 Å². The first-order valence-electron chi connectivity index (χ1n) is 5.52. The first-order valence-corrected chi connectivity index (χ1v) is 5.52. The Labute approximate surface area is 270 Å². The van der Waals surface area contributed by atoms with Crippen LogP contribution in [-0.2, 0) is 19.2 Å². The van der Waals surface area contributed by atoms with Crippen LogP contribution in [0.3, 0.4) is 0 Å². The number of hydrogen-bond acceptors (Lipinski definition) is 6. The Bertz CT molecular complexity index is 343. The number of rotatable bonds is 11. The van der Waals surface area contributed by atoms with Gasteiger partial charge in [0.1, 0.15) is 0 Å². The first kappa shape index (κ1) is 37.4. The van der Waals surface area contributed by atoms with Crippen molar-refractivity contribution in [3.63, 3.8) is 0 Å². The van der Waals surface area contributed by atoms with Crippen molar-refractivity contribution in [2.45, 2.75) is 0 Å². The van der Waals surface area contributed by atoms with Gasteiger partial charge in [0.25, 0.3) is 0 Å². The van der Waals surface area contributed by atoms with Crippen LogP contribution in [0.4, 0.5) is 0 Å². The van der Waals surface area contributed by atoms with E-state index >= 15 is 0 Å². The van der Waals surface area contributed by atoms with Crippen LogP contribution in [0.15, 0.2) is 0 Å². The topological polar surface area (TPSA) is 187 Å². The summed E-state index contributed by atoms with van der Waals surface area (Å²) in [4.78, 5) is 44.4. The van der Waals surface area contributed by atoms with E-state index in [2.05, 4.69) is 0 Å². The van der Waals surface area contributed by atoms with Gasteiger partial charge in [-0.25, -0.2) is 0 Å². The second-order valence-electron chi connectivity index (χ2n) is 4.00.